The lowest BCUT2D eigenvalue weighted by molar-refractivity contribution is -0.141. The first-order chi connectivity index (χ1) is 20.5. The molecule has 11 nitrogen and oxygen atoms in total. The van der Waals surface area contributed by atoms with Crippen molar-refractivity contribution in [3.8, 4) is 11.6 Å². The van der Waals surface area contributed by atoms with Gasteiger partial charge in [-0.3, -0.25) is 9.59 Å². The number of ether oxygens (including phenoxy) is 4. The van der Waals surface area contributed by atoms with Crippen LogP contribution in [0.15, 0.2) is 18.2 Å². The summed E-state index contributed by atoms with van der Waals surface area (Å²) in [5.41, 5.74) is 1.47. The van der Waals surface area contributed by atoms with E-state index in [0.29, 0.717) is 29.5 Å². The van der Waals surface area contributed by atoms with Gasteiger partial charge in [-0.15, -0.1) is 0 Å². The minimum atomic E-state index is -0.914. The topological polar surface area (TPSA) is 129 Å². The number of aromatic nitrogens is 2. The second-order valence-corrected chi connectivity index (χ2v) is 13.1. The van der Waals surface area contributed by atoms with E-state index in [2.05, 4.69) is 5.32 Å². The predicted octanol–water partition coefficient (Wildman–Crippen LogP) is 4.09. The zero-order valence-corrected chi connectivity index (χ0v) is 26.1. The lowest BCUT2D eigenvalue weighted by atomic mass is 9.85. The van der Waals surface area contributed by atoms with Crippen LogP contribution in [0.1, 0.15) is 65.5 Å². The molecule has 2 aromatic rings. The quantitative estimate of drug-likeness (QED) is 0.555. The summed E-state index contributed by atoms with van der Waals surface area (Å²) < 4.78 is 23.3. The fraction of sp³-hybridized carbons (Fsp3) is 0.656. The molecule has 2 amide bonds. The number of alkyl carbamates (subject to hydrolysis) is 1. The van der Waals surface area contributed by atoms with E-state index in [-0.39, 0.29) is 30.9 Å². The van der Waals surface area contributed by atoms with E-state index in [4.69, 9.17) is 28.9 Å². The van der Waals surface area contributed by atoms with Crippen LogP contribution in [-0.2, 0) is 25.5 Å². The zero-order chi connectivity index (χ0) is 30.9. The number of Topliss-reactive ketones (excluding diaryl/α,β-unsaturated/α-hetero) is 1. The molecule has 5 rings (SSSR count). The van der Waals surface area contributed by atoms with Crippen molar-refractivity contribution in [3.63, 3.8) is 0 Å². The van der Waals surface area contributed by atoms with E-state index in [1.165, 1.54) is 11.8 Å². The van der Waals surface area contributed by atoms with Gasteiger partial charge in [-0.05, 0) is 56.1 Å². The highest BCUT2D eigenvalue weighted by molar-refractivity contribution is 5.92. The number of benzene rings is 1. The Kier molecular flexibility index (Phi) is 9.10. The van der Waals surface area contributed by atoms with Gasteiger partial charge in [0.25, 0.3) is 0 Å². The number of hydrogen-bond acceptors (Lipinski definition) is 9. The maximum Gasteiger partial charge on any atom is 0.408 e. The van der Waals surface area contributed by atoms with E-state index in [1.807, 2.05) is 39.0 Å². The lowest BCUT2D eigenvalue weighted by Gasteiger charge is -2.35. The molecule has 1 aliphatic carbocycles. The number of carbonyl (C=O) groups excluding carboxylic acids is 3. The fourth-order valence-corrected chi connectivity index (χ4v) is 6.37. The number of carbonyl (C=O) groups is 3. The van der Waals surface area contributed by atoms with Crippen molar-refractivity contribution in [1.29, 1.82) is 0 Å². The molecule has 1 aromatic heterocycles. The Hall–Kier alpha value is -3.47. The number of hydrogen-bond donors (Lipinski definition) is 1. The molecule has 1 N–H and O–H groups in total. The van der Waals surface area contributed by atoms with Crippen LogP contribution < -0.4 is 14.8 Å². The van der Waals surface area contributed by atoms with Crippen molar-refractivity contribution in [3.05, 3.63) is 23.9 Å². The van der Waals surface area contributed by atoms with Gasteiger partial charge in [-0.25, -0.2) is 14.8 Å². The number of nitrogens with one attached hydrogen (secondary N) is 1. The van der Waals surface area contributed by atoms with Crippen LogP contribution in [0, 0.1) is 17.3 Å². The standard InChI is InChI=1S/C32H44N4O7/c1-18(37)27-21(17-40-5)26-16-36(27)30(38)28(32(2,3)4)35-31(39)43-25-14-19(25)10-8-7-9-11-23-29(42-26)34-24-15-20(41-6)12-13-22(24)33-23/h12-13,15,19,21,25-28H,7-11,14,16-17H2,1-6H3,(H,35,39)/t19-,21-,25-,26+,27-,28-/m1/s1. The van der Waals surface area contributed by atoms with Crippen LogP contribution in [0.3, 0.4) is 0 Å². The van der Waals surface area contributed by atoms with Gasteiger partial charge in [0.2, 0.25) is 11.8 Å². The van der Waals surface area contributed by atoms with Crippen molar-refractivity contribution in [2.75, 3.05) is 27.4 Å². The molecular formula is C32H44N4O7. The van der Waals surface area contributed by atoms with Crippen LogP contribution >= 0.6 is 0 Å². The maximum absolute atomic E-state index is 14.2. The molecule has 3 heterocycles. The van der Waals surface area contributed by atoms with Gasteiger partial charge in [0.1, 0.15) is 29.7 Å². The number of amides is 2. The molecule has 1 saturated carbocycles. The van der Waals surface area contributed by atoms with Crippen LogP contribution in [0.5, 0.6) is 11.6 Å². The highest BCUT2D eigenvalue weighted by Gasteiger charge is 2.51. The molecular weight excluding hydrogens is 552 g/mol. The normalized spacial score (nSPS) is 28.5. The van der Waals surface area contributed by atoms with Gasteiger partial charge >= 0.3 is 6.09 Å². The van der Waals surface area contributed by atoms with Gasteiger partial charge in [0, 0.05) is 19.1 Å². The Balaban J connectivity index is 1.55. The summed E-state index contributed by atoms with van der Waals surface area (Å²) in [6, 6.07) is 3.85. The predicted molar refractivity (Wildman–Crippen MR) is 159 cm³/mol. The maximum atomic E-state index is 14.2. The van der Waals surface area contributed by atoms with E-state index in [0.717, 1.165) is 43.3 Å². The van der Waals surface area contributed by atoms with Crippen molar-refractivity contribution in [1.82, 2.24) is 20.2 Å². The second-order valence-electron chi connectivity index (χ2n) is 13.1. The summed E-state index contributed by atoms with van der Waals surface area (Å²) in [7, 11) is 3.17. The first-order valence-electron chi connectivity index (χ1n) is 15.3. The molecule has 2 bridgehead atoms. The van der Waals surface area contributed by atoms with Crippen molar-refractivity contribution in [2.45, 2.75) is 90.5 Å². The molecule has 0 radical (unpaired) electrons. The molecule has 11 heteroatoms. The molecule has 6 atom stereocenters. The van der Waals surface area contributed by atoms with Crippen molar-refractivity contribution < 1.29 is 33.3 Å². The molecule has 2 fully saturated rings. The molecule has 0 spiro atoms. The summed E-state index contributed by atoms with van der Waals surface area (Å²) in [6.07, 6.45) is 4.05. The molecule has 234 valence electrons. The highest BCUT2D eigenvalue weighted by atomic mass is 16.6. The minimum Gasteiger partial charge on any atom is -0.497 e. The molecule has 2 aliphatic heterocycles. The molecule has 1 saturated heterocycles. The average Bonchev–Trinajstić information content (AvgIpc) is 3.58. The molecule has 3 aliphatic rings. The van der Waals surface area contributed by atoms with Gasteiger partial charge in [-0.1, -0.05) is 33.6 Å². The number of nitrogens with zero attached hydrogens (tertiary/aromatic N) is 3. The van der Waals surface area contributed by atoms with Gasteiger partial charge < -0.3 is 29.2 Å². The monoisotopic (exact) mass is 596 g/mol. The summed E-state index contributed by atoms with van der Waals surface area (Å²) >= 11 is 0. The number of fused-ring (bicyclic) bond motifs is 5. The van der Waals surface area contributed by atoms with Gasteiger partial charge in [0.15, 0.2) is 5.78 Å². The highest BCUT2D eigenvalue weighted by Crippen LogP contribution is 2.39. The fourth-order valence-electron chi connectivity index (χ4n) is 6.37. The summed E-state index contributed by atoms with van der Waals surface area (Å²) in [6.45, 7) is 7.44. The molecule has 43 heavy (non-hydrogen) atoms. The van der Waals surface area contributed by atoms with Crippen LogP contribution in [0.2, 0.25) is 0 Å². The number of aryl methyl sites for hydroxylation is 1. The second kappa shape index (κ2) is 12.6. The third kappa shape index (κ3) is 6.87. The van der Waals surface area contributed by atoms with Crippen molar-refractivity contribution >= 4 is 28.8 Å². The summed E-state index contributed by atoms with van der Waals surface area (Å²) in [4.78, 5) is 51.6. The molecule has 0 unspecified atom stereocenters. The Morgan fingerprint density at radius 1 is 1.07 bits per heavy atom. The van der Waals surface area contributed by atoms with E-state index in [1.54, 1.807) is 14.2 Å². The summed E-state index contributed by atoms with van der Waals surface area (Å²) in [5.74, 6) is 0.382. The van der Waals surface area contributed by atoms with E-state index in [9.17, 15) is 14.4 Å². The SMILES string of the molecule is COC[C@@H]1[C@@H]2CN(C(=O)[C@H](C(C)(C)C)NC(=O)O[C@@H]3C[C@H]3CCCCCc3nc4ccc(OC)cc4nc3O2)[C@@H]1C(C)=O. The number of methoxy groups -OCH3 is 2. The first-order valence-corrected chi connectivity index (χ1v) is 15.3. The number of rotatable bonds is 4. The van der Waals surface area contributed by atoms with Crippen molar-refractivity contribution in [2.24, 2.45) is 17.3 Å². The first kappa shape index (κ1) is 31.0. The Morgan fingerprint density at radius 2 is 1.86 bits per heavy atom. The Morgan fingerprint density at radius 3 is 2.56 bits per heavy atom. The van der Waals surface area contributed by atoms with Crippen LogP contribution in [0.25, 0.3) is 11.0 Å². The Bertz CT molecular complexity index is 1360. The van der Waals surface area contributed by atoms with Gasteiger partial charge in [0.05, 0.1) is 37.3 Å². The lowest BCUT2D eigenvalue weighted by Crippen LogP contribution is -2.57. The third-order valence-electron chi connectivity index (χ3n) is 8.80. The van der Waals surface area contributed by atoms with Crippen LogP contribution in [0.4, 0.5) is 4.79 Å². The van der Waals surface area contributed by atoms with Gasteiger partial charge in [-0.2, -0.15) is 0 Å². The van der Waals surface area contributed by atoms with Crippen LogP contribution in [-0.4, -0.2) is 84.3 Å². The summed E-state index contributed by atoms with van der Waals surface area (Å²) in [5, 5.41) is 2.83. The zero-order valence-electron chi connectivity index (χ0n) is 26.1. The molecule has 1 aromatic carbocycles. The smallest absolute Gasteiger partial charge is 0.408 e. The minimum absolute atomic E-state index is 0.127. The average molecular weight is 597 g/mol. The third-order valence-corrected chi connectivity index (χ3v) is 8.80. The Labute approximate surface area is 253 Å². The largest absolute Gasteiger partial charge is 0.497 e. The van der Waals surface area contributed by atoms with E-state index >= 15 is 0 Å². The van der Waals surface area contributed by atoms with E-state index < -0.39 is 35.6 Å². The number of ketones is 1.